The zero-order valence-electron chi connectivity index (χ0n) is 23.2. The van der Waals surface area contributed by atoms with Gasteiger partial charge in [0.05, 0.1) is 29.4 Å². The lowest BCUT2D eigenvalue weighted by Gasteiger charge is -2.50. The van der Waals surface area contributed by atoms with Crippen LogP contribution in [0.3, 0.4) is 0 Å². The van der Waals surface area contributed by atoms with Crippen LogP contribution in [0.25, 0.3) is 5.76 Å². The van der Waals surface area contributed by atoms with Crippen molar-refractivity contribution < 1.29 is 52.8 Å². The fourth-order valence-electron chi connectivity index (χ4n) is 6.21. The van der Waals surface area contributed by atoms with E-state index >= 15 is 0 Å². The van der Waals surface area contributed by atoms with Crippen molar-refractivity contribution in [1.29, 1.82) is 0 Å². The molecule has 3 aliphatic rings. The highest BCUT2D eigenvalue weighted by Crippen LogP contribution is 2.55. The van der Waals surface area contributed by atoms with Gasteiger partial charge in [-0.1, -0.05) is 6.92 Å². The molecule has 4 rings (SSSR count). The second kappa shape index (κ2) is 10.4. The number of rotatable bonds is 6. The standard InChI is InChI=1S/C27H31F3N4O8/c1-5-34(4)9-15(35)32-14-8-12(27(28,29)30)11-6-10-7-13-19(33(2)3)22(38)18(25(31)41)24(40)26(13,42)23(39)16(10)21(37)17(11)20(14)36/h8,10,13,19,36-37,40,42H,5-7,9H2,1-4H3,(H2,31,41)(H,32,35)/t10-,13-,19-,26-/m0/s1. The van der Waals surface area contributed by atoms with Crippen molar-refractivity contribution in [3.05, 3.63) is 39.7 Å². The zero-order chi connectivity index (χ0) is 31.6. The Labute approximate surface area is 237 Å². The maximum absolute atomic E-state index is 14.3. The molecular formula is C27H31F3N4O8. The van der Waals surface area contributed by atoms with Crippen molar-refractivity contribution in [2.75, 3.05) is 39.5 Å². The number of ketones is 2. The van der Waals surface area contributed by atoms with Crippen LogP contribution in [0.2, 0.25) is 0 Å². The van der Waals surface area contributed by atoms with E-state index in [0.717, 1.165) is 0 Å². The molecule has 2 amide bonds. The number of phenolic OH excluding ortho intramolecular Hbond substituents is 1. The monoisotopic (exact) mass is 596 g/mol. The number of Topliss-reactive ketones (excluding diaryl/α,β-unsaturated/α-hetero) is 2. The third kappa shape index (κ3) is 4.61. The maximum Gasteiger partial charge on any atom is 0.416 e. The molecular weight excluding hydrogens is 565 g/mol. The number of aromatic hydroxyl groups is 1. The largest absolute Gasteiger partial charge is 0.508 e. The number of fused-ring (bicyclic) bond motifs is 3. The molecule has 0 spiro atoms. The van der Waals surface area contributed by atoms with Gasteiger partial charge in [0.15, 0.2) is 11.4 Å². The average molecular weight is 597 g/mol. The SMILES string of the molecule is CCN(C)CC(=O)Nc1cc(C(F)(F)F)c2c(c1O)C(O)=C1C(=O)[C@]3(O)C(O)=C(C(N)=O)C(=O)[C@@H](N(C)C)[C@@H]3C[C@@H]1C2. The molecule has 1 aromatic rings. The van der Waals surface area contributed by atoms with Gasteiger partial charge in [-0.3, -0.25) is 29.0 Å². The predicted octanol–water partition coefficient (Wildman–Crippen LogP) is 0.873. The zero-order valence-corrected chi connectivity index (χ0v) is 23.2. The third-order valence-corrected chi connectivity index (χ3v) is 8.25. The van der Waals surface area contributed by atoms with Crippen molar-refractivity contribution in [1.82, 2.24) is 9.80 Å². The van der Waals surface area contributed by atoms with E-state index in [9.17, 15) is 52.8 Å². The molecule has 1 fully saturated rings. The number of phenols is 1. The van der Waals surface area contributed by atoms with Crippen LogP contribution in [0.15, 0.2) is 23.0 Å². The second-order valence-electron chi connectivity index (χ2n) is 11.0. The smallest absolute Gasteiger partial charge is 0.416 e. The Morgan fingerprint density at radius 1 is 1.17 bits per heavy atom. The number of primary amides is 1. The Bertz CT molecular complexity index is 1470. The summed E-state index contributed by atoms with van der Waals surface area (Å²) in [7, 11) is 4.40. The third-order valence-electron chi connectivity index (χ3n) is 8.25. The Balaban J connectivity index is 1.95. The normalized spacial score (nSPS) is 25.9. The van der Waals surface area contributed by atoms with E-state index in [4.69, 9.17) is 5.73 Å². The molecule has 4 atom stereocenters. The van der Waals surface area contributed by atoms with Crippen LogP contribution < -0.4 is 11.1 Å². The van der Waals surface area contributed by atoms with E-state index in [1.165, 1.54) is 19.0 Å². The molecule has 0 saturated heterocycles. The quantitative estimate of drug-likeness (QED) is 0.203. The van der Waals surface area contributed by atoms with Crippen LogP contribution in [-0.4, -0.2) is 99.5 Å². The van der Waals surface area contributed by atoms with Gasteiger partial charge in [0.25, 0.3) is 5.91 Å². The summed E-state index contributed by atoms with van der Waals surface area (Å²) in [5.74, 6) is -10.5. The Hall–Kier alpha value is -3.95. The Morgan fingerprint density at radius 3 is 2.31 bits per heavy atom. The van der Waals surface area contributed by atoms with Crippen LogP contribution in [0.1, 0.15) is 30.0 Å². The highest BCUT2D eigenvalue weighted by atomic mass is 19.4. The molecule has 228 valence electrons. The van der Waals surface area contributed by atoms with Crippen molar-refractivity contribution in [2.45, 2.75) is 37.6 Å². The summed E-state index contributed by atoms with van der Waals surface area (Å²) in [6.07, 6.45) is -5.94. The number of nitrogens with one attached hydrogen (secondary N) is 1. The lowest BCUT2D eigenvalue weighted by atomic mass is 9.57. The molecule has 3 aliphatic carbocycles. The summed E-state index contributed by atoms with van der Waals surface area (Å²) >= 11 is 0. The number of aliphatic hydroxyl groups is 3. The van der Waals surface area contributed by atoms with Gasteiger partial charge in [-0.15, -0.1) is 0 Å². The van der Waals surface area contributed by atoms with E-state index in [1.807, 2.05) is 0 Å². The van der Waals surface area contributed by atoms with Crippen molar-refractivity contribution in [3.63, 3.8) is 0 Å². The molecule has 12 nitrogen and oxygen atoms in total. The van der Waals surface area contributed by atoms with Crippen molar-refractivity contribution in [3.8, 4) is 5.75 Å². The van der Waals surface area contributed by atoms with Gasteiger partial charge in [-0.05, 0) is 58.1 Å². The number of hydrogen-bond donors (Lipinski definition) is 6. The first-order valence-electron chi connectivity index (χ1n) is 13.0. The van der Waals surface area contributed by atoms with Gasteiger partial charge in [0, 0.05) is 11.5 Å². The summed E-state index contributed by atoms with van der Waals surface area (Å²) in [5.41, 5.74) is -2.58. The fourth-order valence-corrected chi connectivity index (χ4v) is 6.21. The summed E-state index contributed by atoms with van der Waals surface area (Å²) < 4.78 is 42.9. The van der Waals surface area contributed by atoms with E-state index in [2.05, 4.69) is 5.32 Å². The van der Waals surface area contributed by atoms with Gasteiger partial charge >= 0.3 is 6.18 Å². The van der Waals surface area contributed by atoms with Crippen LogP contribution in [0.5, 0.6) is 5.75 Å². The molecule has 0 bridgehead atoms. The number of carbonyl (C=O) groups is 4. The van der Waals surface area contributed by atoms with Crippen LogP contribution >= 0.6 is 0 Å². The lowest BCUT2D eigenvalue weighted by molar-refractivity contribution is -0.153. The van der Waals surface area contributed by atoms with Crippen molar-refractivity contribution in [2.24, 2.45) is 17.6 Å². The van der Waals surface area contributed by atoms with Gasteiger partial charge < -0.3 is 31.5 Å². The van der Waals surface area contributed by atoms with Gasteiger partial charge in [-0.25, -0.2) is 0 Å². The fraction of sp³-hybridized carbons (Fsp3) is 0.481. The highest BCUT2D eigenvalue weighted by molar-refractivity contribution is 6.24. The first-order valence-corrected chi connectivity index (χ1v) is 13.0. The summed E-state index contributed by atoms with van der Waals surface area (Å²) in [4.78, 5) is 54.3. The molecule has 7 N–H and O–H groups in total. The lowest BCUT2D eigenvalue weighted by Crippen LogP contribution is -2.65. The maximum atomic E-state index is 14.3. The molecule has 0 unspecified atom stereocenters. The van der Waals surface area contributed by atoms with Crippen LogP contribution in [0, 0.1) is 11.8 Å². The van der Waals surface area contributed by atoms with Gasteiger partial charge in [-0.2, -0.15) is 13.2 Å². The number of carbonyl (C=O) groups excluding carboxylic acids is 4. The number of amides is 2. The van der Waals surface area contributed by atoms with Gasteiger partial charge in [0.2, 0.25) is 11.7 Å². The summed E-state index contributed by atoms with van der Waals surface area (Å²) in [6.45, 7) is 1.96. The van der Waals surface area contributed by atoms with E-state index in [0.29, 0.717) is 12.6 Å². The number of halogens is 3. The van der Waals surface area contributed by atoms with Crippen LogP contribution in [0.4, 0.5) is 18.9 Å². The Morgan fingerprint density at radius 2 is 1.79 bits per heavy atom. The number of anilines is 1. The van der Waals surface area contributed by atoms with E-state index in [1.54, 1.807) is 18.9 Å². The summed E-state index contributed by atoms with van der Waals surface area (Å²) in [6, 6.07) is -0.839. The molecule has 0 aliphatic heterocycles. The second-order valence-corrected chi connectivity index (χ2v) is 11.0. The summed E-state index contributed by atoms with van der Waals surface area (Å²) in [5, 5.41) is 46.9. The molecule has 42 heavy (non-hydrogen) atoms. The number of alkyl halides is 3. The van der Waals surface area contributed by atoms with Gasteiger partial charge in [0.1, 0.15) is 22.8 Å². The number of benzene rings is 1. The Kier molecular flexibility index (Phi) is 7.67. The number of aliphatic hydroxyl groups excluding tert-OH is 2. The number of nitrogens with two attached hydrogens (primary N) is 1. The average Bonchev–Trinajstić information content (AvgIpc) is 2.86. The first kappa shape index (κ1) is 31.0. The molecule has 0 heterocycles. The number of nitrogens with zero attached hydrogens (tertiary/aromatic N) is 2. The first-order chi connectivity index (χ1) is 19.4. The topological polar surface area (TPSA) is 194 Å². The molecule has 15 heteroatoms. The predicted molar refractivity (Wildman–Crippen MR) is 141 cm³/mol. The van der Waals surface area contributed by atoms with Crippen molar-refractivity contribution >= 4 is 34.8 Å². The number of hydrogen-bond acceptors (Lipinski definition) is 10. The minimum Gasteiger partial charge on any atom is -0.508 e. The molecule has 0 aromatic heterocycles. The van der Waals surface area contributed by atoms with Crippen LogP contribution in [-0.2, 0) is 31.8 Å². The minimum atomic E-state index is -5.01. The van der Waals surface area contributed by atoms with E-state index < -0.39 is 110 Å². The minimum absolute atomic E-state index is 0.226. The molecule has 0 radical (unpaired) electrons. The highest BCUT2D eigenvalue weighted by Gasteiger charge is 2.64. The number of likely N-dealkylation sites (N-methyl/N-ethyl adjacent to an activating group) is 2. The molecule has 1 aromatic carbocycles. The van der Waals surface area contributed by atoms with E-state index in [-0.39, 0.29) is 13.0 Å². The molecule has 1 saturated carbocycles.